The van der Waals surface area contributed by atoms with Gasteiger partial charge in [0.1, 0.15) is 0 Å². The lowest BCUT2D eigenvalue weighted by atomic mass is 10.0. The van der Waals surface area contributed by atoms with Crippen molar-refractivity contribution in [2.75, 3.05) is 26.3 Å². The van der Waals surface area contributed by atoms with Gasteiger partial charge in [0.2, 0.25) is 0 Å². The van der Waals surface area contributed by atoms with E-state index < -0.39 is 6.10 Å². The third-order valence-electron chi connectivity index (χ3n) is 3.26. The van der Waals surface area contributed by atoms with E-state index in [0.29, 0.717) is 26.3 Å². The Balaban J connectivity index is 1.89. The van der Waals surface area contributed by atoms with Crippen LogP contribution in [0.3, 0.4) is 0 Å². The summed E-state index contributed by atoms with van der Waals surface area (Å²) in [4.78, 5) is 13.7. The smallest absolute Gasteiger partial charge is 0.317 e. The normalized spacial score (nSPS) is 18.7. The van der Waals surface area contributed by atoms with Crippen LogP contribution >= 0.6 is 0 Å². The molecule has 0 aromatic heterocycles. The Hall–Kier alpha value is -1.59. The predicted octanol–water partition coefficient (Wildman–Crippen LogP) is 1.15. The van der Waals surface area contributed by atoms with Crippen molar-refractivity contribution in [3.63, 3.8) is 0 Å². The number of rotatable bonds is 3. The van der Waals surface area contributed by atoms with E-state index in [9.17, 15) is 9.90 Å². The Morgan fingerprint density at radius 3 is 2.58 bits per heavy atom. The van der Waals surface area contributed by atoms with Crippen LogP contribution in [0.4, 0.5) is 4.79 Å². The Labute approximate surface area is 113 Å². The number of morpholine rings is 1. The largest absolute Gasteiger partial charge is 0.386 e. The highest BCUT2D eigenvalue weighted by molar-refractivity contribution is 5.74. The lowest BCUT2D eigenvalue weighted by Crippen LogP contribution is -2.49. The van der Waals surface area contributed by atoms with Crippen molar-refractivity contribution in [3.8, 4) is 0 Å². The second-order valence-corrected chi connectivity index (χ2v) is 4.69. The number of aliphatic hydroxyl groups excluding tert-OH is 1. The topological polar surface area (TPSA) is 61.8 Å². The number of nitrogens with zero attached hydrogens (tertiary/aromatic N) is 1. The lowest BCUT2D eigenvalue weighted by Gasteiger charge is -2.29. The van der Waals surface area contributed by atoms with Crippen molar-refractivity contribution in [2.45, 2.75) is 19.1 Å². The first kappa shape index (κ1) is 13.8. The lowest BCUT2D eigenvalue weighted by molar-refractivity contribution is 0.0501. The fraction of sp³-hybridized carbons (Fsp3) is 0.500. The van der Waals surface area contributed by atoms with Crippen molar-refractivity contribution >= 4 is 6.03 Å². The Bertz CT molecular complexity index is 404. The van der Waals surface area contributed by atoms with E-state index in [2.05, 4.69) is 5.32 Å². The number of hydrogen-bond acceptors (Lipinski definition) is 3. The molecule has 2 atom stereocenters. The van der Waals surface area contributed by atoms with Crippen LogP contribution in [0.5, 0.6) is 0 Å². The zero-order chi connectivity index (χ0) is 13.7. The monoisotopic (exact) mass is 264 g/mol. The van der Waals surface area contributed by atoms with Gasteiger partial charge in [-0.05, 0) is 12.5 Å². The number of aliphatic hydroxyl groups is 1. The highest BCUT2D eigenvalue weighted by Gasteiger charge is 2.22. The molecule has 2 unspecified atom stereocenters. The van der Waals surface area contributed by atoms with Crippen molar-refractivity contribution in [1.29, 1.82) is 0 Å². The van der Waals surface area contributed by atoms with Crippen molar-refractivity contribution in [1.82, 2.24) is 10.2 Å². The van der Waals surface area contributed by atoms with Gasteiger partial charge in [-0.15, -0.1) is 0 Å². The summed E-state index contributed by atoms with van der Waals surface area (Å²) in [5.41, 5.74) is 0.803. The van der Waals surface area contributed by atoms with Crippen molar-refractivity contribution in [2.24, 2.45) is 0 Å². The molecule has 1 aliphatic rings. The van der Waals surface area contributed by atoms with Gasteiger partial charge in [-0.1, -0.05) is 30.3 Å². The van der Waals surface area contributed by atoms with Gasteiger partial charge in [0.05, 0.1) is 25.4 Å². The third kappa shape index (κ3) is 3.68. The van der Waals surface area contributed by atoms with E-state index in [1.54, 1.807) is 11.8 Å². The van der Waals surface area contributed by atoms with Gasteiger partial charge < -0.3 is 20.1 Å². The van der Waals surface area contributed by atoms with Crippen molar-refractivity contribution < 1.29 is 14.6 Å². The minimum atomic E-state index is -0.703. The SMILES string of the molecule is CC(NC(=O)N1CCOCC1)C(O)c1ccccc1. The average molecular weight is 264 g/mol. The van der Waals surface area contributed by atoms with Crippen LogP contribution in [0.15, 0.2) is 30.3 Å². The fourth-order valence-electron chi connectivity index (χ4n) is 2.07. The van der Waals surface area contributed by atoms with E-state index >= 15 is 0 Å². The van der Waals surface area contributed by atoms with Gasteiger partial charge >= 0.3 is 6.03 Å². The highest BCUT2D eigenvalue weighted by Crippen LogP contribution is 2.16. The molecule has 1 aromatic carbocycles. The van der Waals surface area contributed by atoms with E-state index in [-0.39, 0.29) is 12.1 Å². The van der Waals surface area contributed by atoms with Gasteiger partial charge in [0.25, 0.3) is 0 Å². The summed E-state index contributed by atoms with van der Waals surface area (Å²) >= 11 is 0. The molecular weight excluding hydrogens is 244 g/mol. The maximum absolute atomic E-state index is 12.0. The zero-order valence-electron chi connectivity index (χ0n) is 11.1. The molecule has 1 aliphatic heterocycles. The Kier molecular flexibility index (Phi) is 4.76. The van der Waals surface area contributed by atoms with Crippen LogP contribution in [0.1, 0.15) is 18.6 Å². The summed E-state index contributed by atoms with van der Waals surface area (Å²) in [6.07, 6.45) is -0.703. The molecule has 0 bridgehead atoms. The van der Waals surface area contributed by atoms with E-state index in [4.69, 9.17) is 4.74 Å². The molecule has 0 radical (unpaired) electrons. The standard InChI is InChI=1S/C14H20N2O3/c1-11(13(17)12-5-3-2-4-6-12)15-14(18)16-7-9-19-10-8-16/h2-6,11,13,17H,7-10H2,1H3,(H,15,18). The molecule has 2 N–H and O–H groups in total. The van der Waals surface area contributed by atoms with Crippen molar-refractivity contribution in [3.05, 3.63) is 35.9 Å². The zero-order valence-corrected chi connectivity index (χ0v) is 11.1. The minimum absolute atomic E-state index is 0.147. The predicted molar refractivity (Wildman–Crippen MR) is 71.8 cm³/mol. The van der Waals surface area contributed by atoms with Crippen LogP contribution in [0.2, 0.25) is 0 Å². The second-order valence-electron chi connectivity index (χ2n) is 4.69. The van der Waals surface area contributed by atoms with Gasteiger partial charge in [-0.2, -0.15) is 0 Å². The summed E-state index contributed by atoms with van der Waals surface area (Å²) in [5.74, 6) is 0. The highest BCUT2D eigenvalue weighted by atomic mass is 16.5. The van der Waals surface area contributed by atoms with Crippen LogP contribution < -0.4 is 5.32 Å². The number of nitrogens with one attached hydrogen (secondary N) is 1. The first-order valence-electron chi connectivity index (χ1n) is 6.54. The number of carbonyl (C=O) groups excluding carboxylic acids is 1. The molecule has 19 heavy (non-hydrogen) atoms. The summed E-state index contributed by atoms with van der Waals surface area (Å²) in [5, 5.41) is 13.0. The molecule has 0 aliphatic carbocycles. The molecule has 0 spiro atoms. The number of ether oxygens (including phenoxy) is 1. The van der Waals surface area contributed by atoms with Crippen LogP contribution in [0, 0.1) is 0 Å². The average Bonchev–Trinajstić information content (AvgIpc) is 2.48. The molecule has 2 rings (SSSR count). The molecule has 1 saturated heterocycles. The first-order chi connectivity index (χ1) is 9.18. The number of carbonyl (C=O) groups is 1. The summed E-state index contributed by atoms with van der Waals surface area (Å²) in [6.45, 7) is 4.14. The molecule has 1 aromatic rings. The van der Waals surface area contributed by atoms with E-state index in [1.807, 2.05) is 30.3 Å². The Morgan fingerprint density at radius 2 is 1.95 bits per heavy atom. The molecule has 1 fully saturated rings. The fourth-order valence-corrected chi connectivity index (χ4v) is 2.07. The summed E-state index contributed by atoms with van der Waals surface area (Å²) < 4.78 is 5.20. The number of amides is 2. The van der Waals surface area contributed by atoms with Gasteiger partial charge in [0, 0.05) is 13.1 Å². The van der Waals surface area contributed by atoms with Crippen LogP contribution in [0.25, 0.3) is 0 Å². The first-order valence-corrected chi connectivity index (χ1v) is 6.54. The van der Waals surface area contributed by atoms with Gasteiger partial charge in [0.15, 0.2) is 0 Å². The maximum atomic E-state index is 12.0. The summed E-state index contributed by atoms with van der Waals surface area (Å²) in [7, 11) is 0. The number of hydrogen-bond donors (Lipinski definition) is 2. The molecule has 5 heteroatoms. The van der Waals surface area contributed by atoms with Gasteiger partial charge in [-0.25, -0.2) is 4.79 Å². The molecular formula is C14H20N2O3. The van der Waals surface area contributed by atoms with Crippen LogP contribution in [-0.4, -0.2) is 48.4 Å². The van der Waals surface area contributed by atoms with E-state index in [0.717, 1.165) is 5.56 Å². The summed E-state index contributed by atoms with van der Waals surface area (Å²) in [6, 6.07) is 8.85. The molecule has 5 nitrogen and oxygen atoms in total. The molecule has 2 amide bonds. The maximum Gasteiger partial charge on any atom is 0.317 e. The molecule has 104 valence electrons. The molecule has 0 saturated carbocycles. The second kappa shape index (κ2) is 6.54. The van der Waals surface area contributed by atoms with Crippen LogP contribution in [-0.2, 0) is 4.74 Å². The van der Waals surface area contributed by atoms with Gasteiger partial charge in [-0.3, -0.25) is 0 Å². The quantitative estimate of drug-likeness (QED) is 0.861. The van der Waals surface area contributed by atoms with E-state index in [1.165, 1.54) is 0 Å². The number of urea groups is 1. The Morgan fingerprint density at radius 1 is 1.32 bits per heavy atom. The minimum Gasteiger partial charge on any atom is -0.386 e. The number of benzene rings is 1. The molecule has 1 heterocycles. The third-order valence-corrected chi connectivity index (χ3v) is 3.26.